The highest BCUT2D eigenvalue weighted by atomic mass is 35.5. The van der Waals surface area contributed by atoms with E-state index in [4.69, 9.17) is 16.4 Å². The largest absolute Gasteiger partial charge is 0.508 e. The summed E-state index contributed by atoms with van der Waals surface area (Å²) in [5, 5.41) is 10.5. The van der Waals surface area contributed by atoms with Crippen LogP contribution in [0.3, 0.4) is 0 Å². The van der Waals surface area contributed by atoms with Crippen molar-refractivity contribution in [2.75, 3.05) is 0 Å². The first-order chi connectivity index (χ1) is 14.9. The van der Waals surface area contributed by atoms with Crippen LogP contribution in [0.5, 0.6) is 5.75 Å². The number of imide groups is 1. The fraction of sp³-hybridized carbons (Fsp3) is 0.125. The van der Waals surface area contributed by atoms with Crippen molar-refractivity contribution in [3.05, 3.63) is 101 Å². The summed E-state index contributed by atoms with van der Waals surface area (Å²) in [5.74, 6) is -1.81. The summed E-state index contributed by atoms with van der Waals surface area (Å²) >= 11 is 7.17. The van der Waals surface area contributed by atoms with Gasteiger partial charge in [-0.05, 0) is 41.0 Å². The van der Waals surface area contributed by atoms with E-state index in [2.05, 4.69) is 0 Å². The van der Waals surface area contributed by atoms with E-state index in [1.807, 2.05) is 36.4 Å². The van der Waals surface area contributed by atoms with Crippen LogP contribution in [0.25, 0.3) is 0 Å². The van der Waals surface area contributed by atoms with Gasteiger partial charge in [-0.3, -0.25) is 9.59 Å². The summed E-state index contributed by atoms with van der Waals surface area (Å²) < 4.78 is 0. The molecule has 4 rings (SSSR count). The summed E-state index contributed by atoms with van der Waals surface area (Å²) in [6.07, 6.45) is 0.0572. The number of hydrogen-bond donors (Lipinski definition) is 1. The molecule has 0 saturated carbocycles. The Labute approximate surface area is 183 Å². The van der Waals surface area contributed by atoms with Crippen LogP contribution in [0.2, 0.25) is 0 Å². The molecule has 2 amide bonds. The lowest BCUT2D eigenvalue weighted by Crippen LogP contribution is -2.32. The Bertz CT molecular complexity index is 1130. The Kier molecular flexibility index (Phi) is 5.48. The maximum atomic E-state index is 12.4. The van der Waals surface area contributed by atoms with Crippen LogP contribution in [0, 0.1) is 0 Å². The molecule has 1 N–H and O–H groups in total. The number of carbonyl (C=O) groups excluding carboxylic acids is 3. The predicted octanol–water partition coefficient (Wildman–Crippen LogP) is 4.14. The number of aromatic hydroxyl groups is 1. The van der Waals surface area contributed by atoms with E-state index in [1.54, 1.807) is 30.3 Å². The number of hydroxylamine groups is 2. The summed E-state index contributed by atoms with van der Waals surface area (Å²) in [7, 11) is 0. The molecule has 0 radical (unpaired) electrons. The first-order valence-corrected chi connectivity index (χ1v) is 10.00. The molecule has 0 spiro atoms. The van der Waals surface area contributed by atoms with E-state index in [1.165, 1.54) is 12.1 Å². The van der Waals surface area contributed by atoms with E-state index in [-0.39, 0.29) is 24.2 Å². The molecule has 0 bridgehead atoms. The minimum Gasteiger partial charge on any atom is -0.508 e. The summed E-state index contributed by atoms with van der Waals surface area (Å²) in [4.78, 5) is 39.6. The first kappa shape index (κ1) is 20.6. The summed E-state index contributed by atoms with van der Waals surface area (Å²) in [6, 6.07) is 22.4. The van der Waals surface area contributed by atoms with Crippen molar-refractivity contribution in [2.24, 2.45) is 0 Å². The van der Waals surface area contributed by atoms with Gasteiger partial charge in [0, 0.05) is 12.8 Å². The molecule has 1 aliphatic rings. The average Bonchev–Trinajstić information content (AvgIpc) is 3.11. The standard InChI is InChI=1S/C24H18ClNO5/c25-24(17-5-2-1-3-6-17,19-7-4-8-20(27)15-19)18-11-9-16(10-12-18)23(30)31-26-21(28)13-14-22(26)29/h1-12,15,27H,13-14H2. The molecular weight excluding hydrogens is 418 g/mol. The third-order valence-corrected chi connectivity index (χ3v) is 5.77. The van der Waals surface area contributed by atoms with Crippen molar-refractivity contribution in [2.45, 2.75) is 17.7 Å². The van der Waals surface area contributed by atoms with Crippen molar-refractivity contribution in [3.8, 4) is 5.75 Å². The summed E-state index contributed by atoms with van der Waals surface area (Å²) in [5.41, 5.74) is 2.27. The normalized spacial score (nSPS) is 15.6. The Hall–Kier alpha value is -3.64. The molecule has 7 heteroatoms. The van der Waals surface area contributed by atoms with Crippen LogP contribution < -0.4 is 0 Å². The zero-order valence-corrected chi connectivity index (χ0v) is 17.1. The fourth-order valence-electron chi connectivity index (χ4n) is 3.52. The number of rotatable bonds is 5. The highest BCUT2D eigenvalue weighted by Crippen LogP contribution is 2.43. The molecule has 3 aromatic carbocycles. The zero-order valence-electron chi connectivity index (χ0n) is 16.3. The van der Waals surface area contributed by atoms with Crippen LogP contribution in [0.15, 0.2) is 78.9 Å². The molecule has 1 saturated heterocycles. The lowest BCUT2D eigenvalue weighted by atomic mass is 9.84. The monoisotopic (exact) mass is 435 g/mol. The van der Waals surface area contributed by atoms with Gasteiger partial charge in [0.05, 0.1) is 5.56 Å². The van der Waals surface area contributed by atoms with Crippen LogP contribution in [0.1, 0.15) is 39.9 Å². The first-order valence-electron chi connectivity index (χ1n) is 9.62. The maximum absolute atomic E-state index is 12.4. The number of carbonyl (C=O) groups is 3. The van der Waals surface area contributed by atoms with Crippen molar-refractivity contribution >= 4 is 29.4 Å². The van der Waals surface area contributed by atoms with Gasteiger partial charge >= 0.3 is 5.97 Å². The lowest BCUT2D eigenvalue weighted by Gasteiger charge is -2.29. The molecule has 1 heterocycles. The molecule has 0 aliphatic carbocycles. The second-order valence-corrected chi connectivity index (χ2v) is 7.68. The third kappa shape index (κ3) is 3.90. The third-order valence-electron chi connectivity index (χ3n) is 5.11. The second kappa shape index (κ2) is 8.24. The topological polar surface area (TPSA) is 83.9 Å². The molecule has 1 unspecified atom stereocenters. The van der Waals surface area contributed by atoms with E-state index >= 15 is 0 Å². The van der Waals surface area contributed by atoms with Crippen LogP contribution >= 0.6 is 11.6 Å². The van der Waals surface area contributed by atoms with E-state index in [9.17, 15) is 19.5 Å². The lowest BCUT2D eigenvalue weighted by molar-refractivity contribution is -0.172. The molecule has 156 valence electrons. The highest BCUT2D eigenvalue weighted by molar-refractivity contribution is 6.28. The van der Waals surface area contributed by atoms with Crippen molar-refractivity contribution < 1.29 is 24.3 Å². The zero-order chi connectivity index (χ0) is 22.0. The van der Waals surface area contributed by atoms with Crippen LogP contribution in [-0.4, -0.2) is 28.0 Å². The van der Waals surface area contributed by atoms with Gasteiger partial charge in [-0.2, -0.15) is 0 Å². The Balaban J connectivity index is 1.68. The number of amides is 2. The smallest absolute Gasteiger partial charge is 0.363 e. The van der Waals surface area contributed by atoms with Crippen LogP contribution in [0.4, 0.5) is 0 Å². The van der Waals surface area contributed by atoms with Gasteiger partial charge in [-0.1, -0.05) is 54.6 Å². The van der Waals surface area contributed by atoms with Gasteiger partial charge in [-0.15, -0.1) is 16.7 Å². The summed E-state index contributed by atoms with van der Waals surface area (Å²) in [6.45, 7) is 0. The molecule has 0 aromatic heterocycles. The van der Waals surface area contributed by atoms with Gasteiger partial charge in [-0.25, -0.2) is 4.79 Å². The second-order valence-electron chi connectivity index (χ2n) is 7.11. The Morgan fingerprint density at radius 3 is 2.03 bits per heavy atom. The van der Waals surface area contributed by atoms with Gasteiger partial charge in [0.15, 0.2) is 0 Å². The number of hydrogen-bond acceptors (Lipinski definition) is 5. The highest BCUT2D eigenvalue weighted by Gasteiger charge is 2.35. The van der Waals surface area contributed by atoms with E-state index < -0.39 is 22.7 Å². The van der Waals surface area contributed by atoms with Gasteiger partial charge < -0.3 is 9.94 Å². The number of halogens is 1. The number of benzene rings is 3. The van der Waals surface area contributed by atoms with Crippen molar-refractivity contribution in [1.29, 1.82) is 0 Å². The maximum Gasteiger partial charge on any atom is 0.363 e. The van der Waals surface area contributed by atoms with E-state index in [0.717, 1.165) is 5.56 Å². The minimum absolute atomic E-state index is 0.0286. The average molecular weight is 436 g/mol. The molecule has 6 nitrogen and oxygen atoms in total. The molecule has 31 heavy (non-hydrogen) atoms. The van der Waals surface area contributed by atoms with Gasteiger partial charge in [0.1, 0.15) is 10.6 Å². The molecule has 1 aliphatic heterocycles. The number of phenolic OH excluding ortho intramolecular Hbond substituents is 1. The molecule has 1 atom stereocenters. The molecular formula is C24H18ClNO5. The quantitative estimate of drug-likeness (QED) is 0.370. The van der Waals surface area contributed by atoms with Crippen molar-refractivity contribution in [1.82, 2.24) is 5.06 Å². The molecule has 1 fully saturated rings. The number of phenols is 1. The van der Waals surface area contributed by atoms with Crippen LogP contribution in [-0.2, 0) is 19.3 Å². The number of nitrogens with zero attached hydrogens (tertiary/aromatic N) is 1. The molecule has 3 aromatic rings. The predicted molar refractivity (Wildman–Crippen MR) is 113 cm³/mol. The van der Waals surface area contributed by atoms with Gasteiger partial charge in [0.2, 0.25) is 0 Å². The van der Waals surface area contributed by atoms with E-state index in [0.29, 0.717) is 16.2 Å². The van der Waals surface area contributed by atoms with Crippen molar-refractivity contribution in [3.63, 3.8) is 0 Å². The fourth-order valence-corrected chi connectivity index (χ4v) is 3.89. The Morgan fingerprint density at radius 1 is 0.839 bits per heavy atom. The SMILES string of the molecule is O=C(ON1C(=O)CCC1=O)c1ccc(C(Cl)(c2ccccc2)c2cccc(O)c2)cc1. The van der Waals surface area contributed by atoms with Gasteiger partial charge in [0.25, 0.3) is 11.8 Å². The number of alkyl halides is 1. The minimum atomic E-state index is -1.12. The Morgan fingerprint density at radius 2 is 1.42 bits per heavy atom.